The SMILES string of the molecule is CC(C)C(Nc1nc(Cl)nnc1Cl)c1cccs1. The molecule has 0 aliphatic heterocycles. The zero-order valence-electron chi connectivity index (χ0n) is 9.89. The van der Waals surface area contributed by atoms with Crippen LogP contribution in [0.4, 0.5) is 5.82 Å². The van der Waals surface area contributed by atoms with Gasteiger partial charge in [0.2, 0.25) is 5.28 Å². The highest BCUT2D eigenvalue weighted by atomic mass is 35.5. The Morgan fingerprint density at radius 1 is 1.28 bits per heavy atom. The maximum Gasteiger partial charge on any atom is 0.245 e. The fraction of sp³-hybridized carbons (Fsp3) is 0.364. The minimum absolute atomic E-state index is 0.0792. The number of nitrogens with zero attached hydrogens (tertiary/aromatic N) is 3. The first-order valence-electron chi connectivity index (χ1n) is 5.43. The van der Waals surface area contributed by atoms with Crippen LogP contribution >= 0.6 is 34.5 Å². The Bertz CT molecular complexity index is 516. The molecule has 0 aliphatic carbocycles. The van der Waals surface area contributed by atoms with E-state index in [1.807, 2.05) is 11.4 Å². The van der Waals surface area contributed by atoms with Gasteiger partial charge in [0.05, 0.1) is 6.04 Å². The average molecular weight is 303 g/mol. The Morgan fingerprint density at radius 2 is 2.06 bits per heavy atom. The Hall–Kier alpha value is -0.910. The molecule has 1 atom stereocenters. The van der Waals surface area contributed by atoms with Gasteiger partial charge in [-0.15, -0.1) is 21.5 Å². The molecule has 1 unspecified atom stereocenters. The van der Waals surface area contributed by atoms with Crippen LogP contribution < -0.4 is 5.32 Å². The Morgan fingerprint density at radius 3 is 2.67 bits per heavy atom. The molecular weight excluding hydrogens is 291 g/mol. The van der Waals surface area contributed by atoms with Gasteiger partial charge in [-0.1, -0.05) is 31.5 Å². The second kappa shape index (κ2) is 5.82. The van der Waals surface area contributed by atoms with E-state index < -0.39 is 0 Å². The molecule has 0 radical (unpaired) electrons. The zero-order chi connectivity index (χ0) is 13.1. The molecule has 0 amide bonds. The molecule has 2 rings (SSSR count). The maximum atomic E-state index is 5.95. The number of anilines is 1. The van der Waals surface area contributed by atoms with Gasteiger partial charge < -0.3 is 5.32 Å². The van der Waals surface area contributed by atoms with E-state index in [9.17, 15) is 0 Å². The second-order valence-corrected chi connectivity index (χ2v) is 5.78. The van der Waals surface area contributed by atoms with Crippen molar-refractivity contribution >= 4 is 40.4 Å². The highest BCUT2D eigenvalue weighted by Gasteiger charge is 2.19. The smallest absolute Gasteiger partial charge is 0.245 e. The van der Waals surface area contributed by atoms with Gasteiger partial charge in [0.1, 0.15) is 0 Å². The largest absolute Gasteiger partial charge is 0.359 e. The van der Waals surface area contributed by atoms with Crippen LogP contribution in [0.25, 0.3) is 0 Å². The van der Waals surface area contributed by atoms with Crippen molar-refractivity contribution in [2.45, 2.75) is 19.9 Å². The lowest BCUT2D eigenvalue weighted by Crippen LogP contribution is -2.17. The second-order valence-electron chi connectivity index (χ2n) is 4.10. The predicted molar refractivity (Wildman–Crippen MR) is 75.4 cm³/mol. The summed E-state index contributed by atoms with van der Waals surface area (Å²) in [5.41, 5.74) is 0. The minimum Gasteiger partial charge on any atom is -0.359 e. The van der Waals surface area contributed by atoms with E-state index in [0.717, 1.165) is 0 Å². The molecule has 0 spiro atoms. The highest BCUT2D eigenvalue weighted by molar-refractivity contribution is 7.10. The van der Waals surface area contributed by atoms with Gasteiger partial charge in [0.15, 0.2) is 11.0 Å². The molecule has 0 aromatic carbocycles. The molecular formula is C11H12Cl2N4S. The van der Waals surface area contributed by atoms with Crippen LogP contribution in [0, 0.1) is 5.92 Å². The normalized spacial score (nSPS) is 12.7. The summed E-state index contributed by atoms with van der Waals surface area (Å²) in [4.78, 5) is 5.28. The molecule has 2 aromatic heterocycles. The summed E-state index contributed by atoms with van der Waals surface area (Å²) in [5, 5.41) is 12.9. The number of rotatable bonds is 4. The van der Waals surface area contributed by atoms with Gasteiger partial charge in [0.25, 0.3) is 0 Å². The van der Waals surface area contributed by atoms with Gasteiger partial charge >= 0.3 is 0 Å². The van der Waals surface area contributed by atoms with Crippen molar-refractivity contribution in [2.24, 2.45) is 5.92 Å². The van der Waals surface area contributed by atoms with Gasteiger partial charge in [-0.05, 0) is 29.0 Å². The number of nitrogens with one attached hydrogen (secondary N) is 1. The fourth-order valence-corrected chi connectivity index (χ4v) is 2.77. The molecule has 0 aliphatic rings. The van der Waals surface area contributed by atoms with Crippen molar-refractivity contribution in [1.82, 2.24) is 15.2 Å². The molecule has 1 N–H and O–H groups in total. The summed E-state index contributed by atoms with van der Waals surface area (Å²) in [5.74, 6) is 0.845. The van der Waals surface area contributed by atoms with Crippen LogP contribution in [-0.2, 0) is 0 Å². The van der Waals surface area contributed by atoms with E-state index in [0.29, 0.717) is 11.7 Å². The van der Waals surface area contributed by atoms with Crippen LogP contribution in [-0.4, -0.2) is 15.2 Å². The van der Waals surface area contributed by atoms with E-state index in [-0.39, 0.29) is 16.5 Å². The third kappa shape index (κ3) is 3.10. The third-order valence-corrected chi connectivity index (χ3v) is 3.80. The van der Waals surface area contributed by atoms with Gasteiger partial charge in [-0.2, -0.15) is 4.98 Å². The number of aromatic nitrogens is 3. The van der Waals surface area contributed by atoms with Crippen molar-refractivity contribution < 1.29 is 0 Å². The minimum atomic E-state index is 0.0792. The molecule has 18 heavy (non-hydrogen) atoms. The first-order valence-corrected chi connectivity index (χ1v) is 7.07. The van der Waals surface area contributed by atoms with E-state index >= 15 is 0 Å². The zero-order valence-corrected chi connectivity index (χ0v) is 12.2. The summed E-state index contributed by atoms with van der Waals surface area (Å²) in [7, 11) is 0. The van der Waals surface area contributed by atoms with Crippen molar-refractivity contribution in [3.63, 3.8) is 0 Å². The molecule has 4 nitrogen and oxygen atoms in total. The van der Waals surface area contributed by atoms with Crippen LogP contribution in [0.5, 0.6) is 0 Å². The van der Waals surface area contributed by atoms with Crippen LogP contribution in [0.3, 0.4) is 0 Å². The lowest BCUT2D eigenvalue weighted by molar-refractivity contribution is 0.551. The van der Waals surface area contributed by atoms with E-state index in [2.05, 4.69) is 40.4 Å². The van der Waals surface area contributed by atoms with E-state index in [1.54, 1.807) is 11.3 Å². The van der Waals surface area contributed by atoms with Crippen molar-refractivity contribution in [1.29, 1.82) is 0 Å². The topological polar surface area (TPSA) is 50.7 Å². The quantitative estimate of drug-likeness (QED) is 0.925. The Balaban J connectivity index is 2.27. The molecule has 7 heteroatoms. The standard InChI is InChI=1S/C11H12Cl2N4S/c1-6(2)8(7-4-3-5-18-7)14-10-9(12)16-17-11(13)15-10/h3-6,8H,1-2H3,(H,14,15,17). The van der Waals surface area contributed by atoms with Crippen LogP contribution in [0.2, 0.25) is 10.4 Å². The lowest BCUT2D eigenvalue weighted by Gasteiger charge is -2.21. The third-order valence-electron chi connectivity index (χ3n) is 2.43. The monoisotopic (exact) mass is 302 g/mol. The predicted octanol–water partition coefficient (Wildman–Crippen LogP) is 4.05. The van der Waals surface area contributed by atoms with Crippen LogP contribution in [0.15, 0.2) is 17.5 Å². The molecule has 96 valence electrons. The molecule has 2 heterocycles. The molecule has 0 fully saturated rings. The summed E-state index contributed by atoms with van der Waals surface area (Å²) in [6.45, 7) is 4.25. The Kier molecular flexibility index (Phi) is 4.37. The van der Waals surface area contributed by atoms with Gasteiger partial charge in [-0.3, -0.25) is 0 Å². The summed E-state index contributed by atoms with van der Waals surface area (Å²) in [6.07, 6.45) is 0. The number of hydrogen-bond acceptors (Lipinski definition) is 5. The number of hydrogen-bond donors (Lipinski definition) is 1. The molecule has 0 saturated heterocycles. The van der Waals surface area contributed by atoms with Crippen molar-refractivity contribution in [3.05, 3.63) is 32.8 Å². The van der Waals surface area contributed by atoms with Gasteiger partial charge in [0, 0.05) is 4.88 Å². The average Bonchev–Trinajstić information content (AvgIpc) is 2.83. The highest BCUT2D eigenvalue weighted by Crippen LogP contribution is 2.31. The van der Waals surface area contributed by atoms with E-state index in [1.165, 1.54) is 4.88 Å². The van der Waals surface area contributed by atoms with Crippen molar-refractivity contribution in [3.8, 4) is 0 Å². The van der Waals surface area contributed by atoms with E-state index in [4.69, 9.17) is 23.2 Å². The Labute approximate surface area is 119 Å². The molecule has 2 aromatic rings. The first-order chi connectivity index (χ1) is 8.58. The van der Waals surface area contributed by atoms with Crippen LogP contribution in [0.1, 0.15) is 24.8 Å². The maximum absolute atomic E-state index is 5.95. The number of thiophene rings is 1. The lowest BCUT2D eigenvalue weighted by atomic mass is 10.0. The fourth-order valence-electron chi connectivity index (χ4n) is 1.57. The summed E-state index contributed by atoms with van der Waals surface area (Å²) >= 11 is 13.4. The summed E-state index contributed by atoms with van der Waals surface area (Å²) < 4.78 is 0. The number of halogens is 2. The summed E-state index contributed by atoms with van der Waals surface area (Å²) in [6, 6.07) is 4.21. The molecule has 0 bridgehead atoms. The molecule has 0 saturated carbocycles. The first kappa shape index (κ1) is 13.5. The van der Waals surface area contributed by atoms with Gasteiger partial charge in [-0.25, -0.2) is 0 Å². The van der Waals surface area contributed by atoms with Crippen molar-refractivity contribution in [2.75, 3.05) is 5.32 Å².